The largest absolute Gasteiger partial charge is 0.479 e. The molecule has 4 rings (SSSR count). The van der Waals surface area contributed by atoms with E-state index in [1.54, 1.807) is 4.90 Å². The molecule has 0 saturated heterocycles. The molecule has 5 nitrogen and oxygen atoms in total. The van der Waals surface area contributed by atoms with Crippen molar-refractivity contribution in [3.63, 3.8) is 0 Å². The summed E-state index contributed by atoms with van der Waals surface area (Å²) in [6.45, 7) is 6.65. The van der Waals surface area contributed by atoms with Crippen LogP contribution in [0.1, 0.15) is 45.0 Å². The number of carboxylic acids is 1. The first-order valence-corrected chi connectivity index (χ1v) is 10.7. The molecule has 0 aliphatic carbocycles. The van der Waals surface area contributed by atoms with E-state index < -0.39 is 12.1 Å². The number of carbonyl (C=O) groups excluding carboxylic acids is 1. The molecule has 32 heavy (non-hydrogen) atoms. The summed E-state index contributed by atoms with van der Waals surface area (Å²) < 4.78 is 0. The minimum Gasteiger partial charge on any atom is -0.479 e. The molecular weight excluding hydrogens is 402 g/mol. The van der Waals surface area contributed by atoms with Crippen LogP contribution >= 0.6 is 0 Å². The van der Waals surface area contributed by atoms with Gasteiger partial charge in [0.05, 0.1) is 6.42 Å². The maximum Gasteiger partial charge on any atom is 0.337 e. The number of rotatable bonds is 5. The summed E-state index contributed by atoms with van der Waals surface area (Å²) in [5.74, 6) is -1.24. The zero-order chi connectivity index (χ0) is 23.0. The summed E-state index contributed by atoms with van der Waals surface area (Å²) in [6.07, 6.45) is -1.38. The molecule has 1 aliphatic rings. The van der Waals surface area contributed by atoms with Gasteiger partial charge in [-0.15, -0.1) is 0 Å². The molecule has 0 saturated carbocycles. The Morgan fingerprint density at radius 2 is 1.62 bits per heavy atom. The van der Waals surface area contributed by atoms with Crippen molar-refractivity contribution in [3.8, 4) is 11.1 Å². The summed E-state index contributed by atoms with van der Waals surface area (Å²) in [5, 5.41) is 20.3. The van der Waals surface area contributed by atoms with Gasteiger partial charge in [0.15, 0.2) is 6.10 Å². The van der Waals surface area contributed by atoms with E-state index in [0.717, 1.165) is 38.9 Å². The predicted molar refractivity (Wildman–Crippen MR) is 123 cm³/mol. The van der Waals surface area contributed by atoms with Gasteiger partial charge < -0.3 is 15.1 Å². The van der Waals surface area contributed by atoms with Gasteiger partial charge >= 0.3 is 5.97 Å². The number of carbonyl (C=O) groups is 2. The molecule has 0 spiro atoms. The lowest BCUT2D eigenvalue weighted by molar-refractivity contribution is -0.147. The summed E-state index contributed by atoms with van der Waals surface area (Å²) in [7, 11) is 0. The Labute approximate surface area is 187 Å². The first-order chi connectivity index (χ1) is 15.3. The molecule has 0 aromatic heterocycles. The second-order valence-corrected chi connectivity index (χ2v) is 8.51. The Kier molecular flexibility index (Phi) is 5.85. The maximum atomic E-state index is 13.0. The summed E-state index contributed by atoms with van der Waals surface area (Å²) in [5.41, 5.74) is 7.56. The third-order valence-corrected chi connectivity index (χ3v) is 6.41. The molecule has 1 aliphatic heterocycles. The topological polar surface area (TPSA) is 77.8 Å². The van der Waals surface area contributed by atoms with Gasteiger partial charge in [-0.2, -0.15) is 0 Å². The fourth-order valence-corrected chi connectivity index (χ4v) is 4.66. The number of hydrogen-bond acceptors (Lipinski definition) is 3. The predicted octanol–water partition coefficient (Wildman–Crippen LogP) is 4.48. The fourth-order valence-electron chi connectivity index (χ4n) is 4.66. The van der Waals surface area contributed by atoms with Gasteiger partial charge in [-0.3, -0.25) is 4.79 Å². The van der Waals surface area contributed by atoms with E-state index in [4.69, 9.17) is 0 Å². The molecule has 3 aromatic carbocycles. The highest BCUT2D eigenvalue weighted by molar-refractivity contribution is 5.87. The van der Waals surface area contributed by atoms with Crippen molar-refractivity contribution >= 4 is 11.9 Å². The Hall–Kier alpha value is -3.44. The van der Waals surface area contributed by atoms with Crippen molar-refractivity contribution in [3.05, 3.63) is 93.5 Å². The van der Waals surface area contributed by atoms with Crippen LogP contribution in [0.2, 0.25) is 0 Å². The Morgan fingerprint density at radius 1 is 0.969 bits per heavy atom. The van der Waals surface area contributed by atoms with E-state index in [1.807, 2.05) is 75.4 Å². The van der Waals surface area contributed by atoms with Gasteiger partial charge in [-0.05, 0) is 59.7 Å². The second kappa shape index (κ2) is 8.60. The molecule has 0 fully saturated rings. The molecule has 1 amide bonds. The number of carboxylic acid groups (broad SMARTS) is 1. The summed E-state index contributed by atoms with van der Waals surface area (Å²) in [4.78, 5) is 26.6. The van der Waals surface area contributed by atoms with Gasteiger partial charge in [-0.1, -0.05) is 60.2 Å². The second-order valence-electron chi connectivity index (χ2n) is 8.51. The Bertz CT molecular complexity index is 1180. The molecule has 164 valence electrons. The molecule has 5 heteroatoms. The average molecular weight is 430 g/mol. The third-order valence-electron chi connectivity index (χ3n) is 6.41. The van der Waals surface area contributed by atoms with Crippen molar-refractivity contribution in [2.75, 3.05) is 0 Å². The highest BCUT2D eigenvalue weighted by Gasteiger charge is 2.32. The first-order valence-electron chi connectivity index (χ1n) is 10.7. The first kappa shape index (κ1) is 21.8. The highest BCUT2D eigenvalue weighted by Crippen LogP contribution is 2.41. The van der Waals surface area contributed by atoms with Crippen LogP contribution < -0.4 is 0 Å². The van der Waals surface area contributed by atoms with Crippen LogP contribution in [-0.2, 0) is 29.1 Å². The lowest BCUT2D eigenvalue weighted by Crippen LogP contribution is -2.37. The average Bonchev–Trinajstić information content (AvgIpc) is 2.78. The van der Waals surface area contributed by atoms with Crippen molar-refractivity contribution in [2.45, 2.75) is 46.4 Å². The number of aliphatic carboxylic acids is 1. The number of fused-ring (bicyclic) bond motifs is 1. The summed E-state index contributed by atoms with van der Waals surface area (Å²) in [6, 6.07) is 17.6. The number of amides is 1. The standard InChI is InChI=1S/C27H27NO4/c1-16-9-11-20(12-10-16)24-17(2)21-13-23(29)28(14-19-7-5-4-6-8-19)15-22(21)18(3)25(24)26(30)27(31)32/h4-12,26,30H,13-15H2,1-3H3,(H,31,32)/t26-/m0/s1. The Balaban J connectivity index is 1.86. The minimum absolute atomic E-state index is 0.0465. The monoisotopic (exact) mass is 429 g/mol. The van der Waals surface area contributed by atoms with E-state index in [9.17, 15) is 19.8 Å². The normalized spacial score (nSPS) is 14.2. The van der Waals surface area contributed by atoms with E-state index in [0.29, 0.717) is 24.2 Å². The molecule has 0 bridgehead atoms. The molecular formula is C27H27NO4. The van der Waals surface area contributed by atoms with Gasteiger partial charge in [0, 0.05) is 18.7 Å². The van der Waals surface area contributed by atoms with E-state index in [1.165, 1.54) is 0 Å². The van der Waals surface area contributed by atoms with E-state index >= 15 is 0 Å². The third kappa shape index (κ3) is 3.92. The van der Waals surface area contributed by atoms with Crippen LogP contribution in [0.25, 0.3) is 11.1 Å². The van der Waals surface area contributed by atoms with Gasteiger partial charge in [-0.25, -0.2) is 4.79 Å². The van der Waals surface area contributed by atoms with Gasteiger partial charge in [0.25, 0.3) is 0 Å². The van der Waals surface area contributed by atoms with Crippen LogP contribution in [0.3, 0.4) is 0 Å². The van der Waals surface area contributed by atoms with Gasteiger partial charge in [0.1, 0.15) is 0 Å². The lowest BCUT2D eigenvalue weighted by atomic mass is 9.80. The number of aliphatic hydroxyl groups excluding tert-OH is 1. The van der Waals surface area contributed by atoms with Crippen LogP contribution in [0.5, 0.6) is 0 Å². The van der Waals surface area contributed by atoms with Crippen LogP contribution in [0, 0.1) is 20.8 Å². The number of benzene rings is 3. The molecule has 0 unspecified atom stereocenters. The van der Waals surface area contributed by atoms with Crippen LogP contribution in [-0.4, -0.2) is 27.0 Å². The van der Waals surface area contributed by atoms with Crippen LogP contribution in [0.15, 0.2) is 54.6 Å². The minimum atomic E-state index is -1.64. The molecule has 0 radical (unpaired) electrons. The number of aryl methyl sites for hydroxylation is 1. The Morgan fingerprint density at radius 3 is 2.25 bits per heavy atom. The summed E-state index contributed by atoms with van der Waals surface area (Å²) >= 11 is 0. The SMILES string of the molecule is Cc1ccc(-c2c(C)c3c(c(C)c2[C@H](O)C(=O)O)CN(Cc2ccccc2)C(=O)C3)cc1. The number of hydrogen-bond donors (Lipinski definition) is 2. The van der Waals surface area contributed by atoms with Crippen molar-refractivity contribution < 1.29 is 19.8 Å². The number of nitrogens with zero attached hydrogens (tertiary/aromatic N) is 1. The van der Waals surface area contributed by atoms with E-state index in [2.05, 4.69) is 0 Å². The van der Waals surface area contributed by atoms with Crippen LogP contribution in [0.4, 0.5) is 0 Å². The van der Waals surface area contributed by atoms with E-state index in [-0.39, 0.29) is 12.3 Å². The zero-order valence-electron chi connectivity index (χ0n) is 18.6. The quantitative estimate of drug-likeness (QED) is 0.627. The van der Waals surface area contributed by atoms with Crippen molar-refractivity contribution in [1.82, 2.24) is 4.90 Å². The van der Waals surface area contributed by atoms with Crippen molar-refractivity contribution in [2.24, 2.45) is 0 Å². The number of aliphatic hydroxyl groups is 1. The van der Waals surface area contributed by atoms with Gasteiger partial charge in [0.2, 0.25) is 5.91 Å². The molecule has 1 atom stereocenters. The van der Waals surface area contributed by atoms with Crippen molar-refractivity contribution in [1.29, 1.82) is 0 Å². The smallest absolute Gasteiger partial charge is 0.337 e. The molecule has 2 N–H and O–H groups in total. The molecule has 1 heterocycles. The fraction of sp³-hybridized carbons (Fsp3) is 0.259. The molecule has 3 aromatic rings. The lowest BCUT2D eigenvalue weighted by Gasteiger charge is -2.34. The highest BCUT2D eigenvalue weighted by atomic mass is 16.4. The maximum absolute atomic E-state index is 13.0. The zero-order valence-corrected chi connectivity index (χ0v) is 18.6.